The van der Waals surface area contributed by atoms with E-state index in [0.717, 1.165) is 42.3 Å². The Bertz CT molecular complexity index is 542. The summed E-state index contributed by atoms with van der Waals surface area (Å²) in [5.41, 5.74) is 2.38. The minimum absolute atomic E-state index is 0.618. The van der Waals surface area contributed by atoms with E-state index in [1.807, 2.05) is 6.07 Å². The molecule has 0 radical (unpaired) electrons. The molecule has 0 aliphatic carbocycles. The fraction of sp³-hybridized carbons (Fsp3) is 0.562. The number of furan rings is 1. The fourth-order valence-electron chi connectivity index (χ4n) is 2.14. The van der Waals surface area contributed by atoms with Crippen molar-refractivity contribution in [1.29, 1.82) is 0 Å². The molecule has 20 heavy (non-hydrogen) atoms. The van der Waals surface area contributed by atoms with Crippen LogP contribution in [0.4, 0.5) is 0 Å². The van der Waals surface area contributed by atoms with Crippen LogP contribution in [0.15, 0.2) is 16.7 Å². The number of aryl methyl sites for hydroxylation is 1. The molecule has 4 heteroatoms. The maximum atomic E-state index is 5.58. The van der Waals surface area contributed by atoms with Crippen molar-refractivity contribution < 1.29 is 4.42 Å². The fourth-order valence-corrected chi connectivity index (χ4v) is 3.25. The van der Waals surface area contributed by atoms with Crippen LogP contribution in [0.25, 0.3) is 10.8 Å². The maximum Gasteiger partial charge on any atom is 0.165 e. The number of thiazole rings is 1. The van der Waals surface area contributed by atoms with Crippen LogP contribution in [-0.4, -0.2) is 11.5 Å². The van der Waals surface area contributed by atoms with Gasteiger partial charge in [-0.2, -0.15) is 0 Å². The summed E-state index contributed by atoms with van der Waals surface area (Å²) in [5.74, 6) is 1.54. The molecular weight excluding hydrogens is 268 g/mol. The number of hydrogen-bond donors (Lipinski definition) is 1. The van der Waals surface area contributed by atoms with Gasteiger partial charge in [0.05, 0.1) is 12.0 Å². The summed E-state index contributed by atoms with van der Waals surface area (Å²) in [7, 11) is 0. The van der Waals surface area contributed by atoms with Gasteiger partial charge >= 0.3 is 0 Å². The zero-order chi connectivity index (χ0) is 14.5. The third-order valence-electron chi connectivity index (χ3n) is 3.15. The van der Waals surface area contributed by atoms with E-state index < -0.39 is 0 Å². The van der Waals surface area contributed by atoms with E-state index in [9.17, 15) is 0 Å². The first kappa shape index (κ1) is 15.3. The van der Waals surface area contributed by atoms with Gasteiger partial charge in [0.2, 0.25) is 0 Å². The standard InChI is InChI=1S/C16H24N2OS/c1-5-7-17-10-14-13(9-11(2)3)18-16(20-14)15-12(4)6-8-19-15/h6,8,11,17H,5,7,9-10H2,1-4H3. The lowest BCUT2D eigenvalue weighted by Crippen LogP contribution is -2.14. The molecule has 0 unspecified atom stereocenters. The maximum absolute atomic E-state index is 5.58. The molecule has 0 aliphatic heterocycles. The third-order valence-corrected chi connectivity index (χ3v) is 4.24. The molecule has 0 amide bonds. The zero-order valence-corrected chi connectivity index (χ0v) is 13.6. The van der Waals surface area contributed by atoms with Gasteiger partial charge in [-0.1, -0.05) is 20.8 Å². The lowest BCUT2D eigenvalue weighted by molar-refractivity contribution is 0.579. The van der Waals surface area contributed by atoms with Crippen LogP contribution in [0.3, 0.4) is 0 Å². The number of nitrogens with one attached hydrogen (secondary N) is 1. The summed E-state index contributed by atoms with van der Waals surface area (Å²) in [5, 5.41) is 4.49. The Labute approximate surface area is 125 Å². The van der Waals surface area contributed by atoms with Crippen LogP contribution < -0.4 is 5.32 Å². The van der Waals surface area contributed by atoms with E-state index in [4.69, 9.17) is 9.40 Å². The molecule has 0 aromatic carbocycles. The number of hydrogen-bond acceptors (Lipinski definition) is 4. The minimum atomic E-state index is 0.618. The summed E-state index contributed by atoms with van der Waals surface area (Å²) in [6.07, 6.45) is 3.92. The van der Waals surface area contributed by atoms with E-state index >= 15 is 0 Å². The van der Waals surface area contributed by atoms with Crippen molar-refractivity contribution in [3.8, 4) is 10.8 Å². The summed E-state index contributed by atoms with van der Waals surface area (Å²) in [6, 6.07) is 1.99. The van der Waals surface area contributed by atoms with E-state index in [1.165, 1.54) is 10.6 Å². The SMILES string of the molecule is CCCNCc1sc(-c2occc2C)nc1CC(C)C. The van der Waals surface area contributed by atoms with Gasteiger partial charge in [-0.05, 0) is 43.9 Å². The topological polar surface area (TPSA) is 38.1 Å². The first-order chi connectivity index (χ1) is 9.61. The quantitative estimate of drug-likeness (QED) is 0.768. The van der Waals surface area contributed by atoms with Crippen molar-refractivity contribution in [3.05, 3.63) is 28.5 Å². The van der Waals surface area contributed by atoms with Gasteiger partial charge in [0.25, 0.3) is 0 Å². The lowest BCUT2D eigenvalue weighted by atomic mass is 10.1. The molecule has 1 N–H and O–H groups in total. The molecule has 0 saturated heterocycles. The van der Waals surface area contributed by atoms with E-state index in [2.05, 4.69) is 33.0 Å². The smallest absolute Gasteiger partial charge is 0.165 e. The highest BCUT2D eigenvalue weighted by atomic mass is 32.1. The summed E-state index contributed by atoms with van der Waals surface area (Å²) in [4.78, 5) is 6.16. The summed E-state index contributed by atoms with van der Waals surface area (Å²) >= 11 is 1.76. The van der Waals surface area contributed by atoms with Gasteiger partial charge < -0.3 is 9.73 Å². The van der Waals surface area contributed by atoms with Gasteiger partial charge in [0.1, 0.15) is 0 Å². The first-order valence-electron chi connectivity index (χ1n) is 7.35. The molecule has 2 heterocycles. The highest BCUT2D eigenvalue weighted by Crippen LogP contribution is 2.31. The molecule has 2 aromatic heterocycles. The van der Waals surface area contributed by atoms with Crippen LogP contribution >= 0.6 is 11.3 Å². The molecule has 3 nitrogen and oxygen atoms in total. The molecular formula is C16H24N2OS. The predicted molar refractivity (Wildman–Crippen MR) is 85.1 cm³/mol. The summed E-state index contributed by atoms with van der Waals surface area (Å²) in [6.45, 7) is 10.7. The normalized spacial score (nSPS) is 11.4. The molecule has 0 fully saturated rings. The van der Waals surface area contributed by atoms with Crippen molar-refractivity contribution >= 4 is 11.3 Å². The van der Waals surface area contributed by atoms with Crippen molar-refractivity contribution in [2.45, 2.75) is 47.1 Å². The van der Waals surface area contributed by atoms with E-state index in [-0.39, 0.29) is 0 Å². The van der Waals surface area contributed by atoms with Crippen LogP contribution in [0.2, 0.25) is 0 Å². The zero-order valence-electron chi connectivity index (χ0n) is 12.8. The molecule has 0 aliphatic rings. The largest absolute Gasteiger partial charge is 0.462 e. The van der Waals surface area contributed by atoms with Crippen LogP contribution in [0.1, 0.15) is 43.3 Å². The molecule has 2 rings (SSSR count). The van der Waals surface area contributed by atoms with E-state index in [1.54, 1.807) is 17.6 Å². The van der Waals surface area contributed by atoms with E-state index in [0.29, 0.717) is 5.92 Å². The van der Waals surface area contributed by atoms with Gasteiger partial charge in [0, 0.05) is 11.4 Å². The van der Waals surface area contributed by atoms with Crippen molar-refractivity contribution in [3.63, 3.8) is 0 Å². The monoisotopic (exact) mass is 292 g/mol. The first-order valence-corrected chi connectivity index (χ1v) is 8.17. The predicted octanol–water partition coefficient (Wildman–Crippen LogP) is 4.41. The van der Waals surface area contributed by atoms with Gasteiger partial charge in [-0.15, -0.1) is 11.3 Å². The Morgan fingerprint density at radius 3 is 2.80 bits per heavy atom. The van der Waals surface area contributed by atoms with Gasteiger partial charge in [-0.3, -0.25) is 0 Å². The molecule has 2 aromatic rings. The number of rotatable bonds is 7. The second-order valence-corrected chi connectivity index (χ2v) is 6.68. The molecule has 0 atom stereocenters. The van der Waals surface area contributed by atoms with Gasteiger partial charge in [-0.25, -0.2) is 4.98 Å². The van der Waals surface area contributed by atoms with Crippen molar-refractivity contribution in [2.24, 2.45) is 5.92 Å². The van der Waals surface area contributed by atoms with Crippen molar-refractivity contribution in [2.75, 3.05) is 6.54 Å². The average molecular weight is 292 g/mol. The Balaban J connectivity index is 2.24. The van der Waals surface area contributed by atoms with Crippen molar-refractivity contribution in [1.82, 2.24) is 10.3 Å². The molecule has 0 spiro atoms. The molecule has 110 valence electrons. The highest BCUT2D eigenvalue weighted by molar-refractivity contribution is 7.15. The Kier molecular flexibility index (Phi) is 5.38. The third kappa shape index (κ3) is 3.70. The Morgan fingerprint density at radius 1 is 1.40 bits per heavy atom. The average Bonchev–Trinajstić information content (AvgIpc) is 2.96. The van der Waals surface area contributed by atoms with Crippen LogP contribution in [0, 0.1) is 12.8 Å². The second-order valence-electron chi connectivity index (χ2n) is 5.60. The Morgan fingerprint density at radius 2 is 2.20 bits per heavy atom. The number of nitrogens with zero attached hydrogens (tertiary/aromatic N) is 1. The van der Waals surface area contributed by atoms with Crippen LogP contribution in [0.5, 0.6) is 0 Å². The lowest BCUT2D eigenvalue weighted by Gasteiger charge is -2.05. The summed E-state index contributed by atoms with van der Waals surface area (Å²) < 4.78 is 5.58. The molecule has 0 saturated carbocycles. The number of aromatic nitrogens is 1. The van der Waals surface area contributed by atoms with Crippen LogP contribution in [-0.2, 0) is 13.0 Å². The second kappa shape index (κ2) is 7.04. The minimum Gasteiger partial charge on any atom is -0.462 e. The Hall–Kier alpha value is -1.13. The molecule has 0 bridgehead atoms. The highest BCUT2D eigenvalue weighted by Gasteiger charge is 2.16. The van der Waals surface area contributed by atoms with Gasteiger partial charge in [0.15, 0.2) is 10.8 Å².